The minimum Gasteiger partial charge on any atom is -0.362 e. The Kier molecular flexibility index (Phi) is 3.64. The van der Waals surface area contributed by atoms with Crippen molar-refractivity contribution in [1.82, 2.24) is 9.97 Å². The highest BCUT2D eigenvalue weighted by Gasteiger charge is 2.33. The zero-order chi connectivity index (χ0) is 11.4. The highest BCUT2D eigenvalue weighted by molar-refractivity contribution is 6.18. The van der Waals surface area contributed by atoms with Crippen LogP contribution in [0.2, 0.25) is 0 Å². The molecule has 0 aliphatic heterocycles. The van der Waals surface area contributed by atoms with Crippen molar-refractivity contribution in [3.05, 3.63) is 18.6 Å². The standard InChI is InChI=1S/C12H18ClN3/c1-10-2-4-12(9-13,5-3-10)16-11-8-14-6-7-15-11/h6-8,10H,2-5,9H2,1H3,(H,15,16). The third-order valence-electron chi connectivity index (χ3n) is 3.44. The van der Waals surface area contributed by atoms with Gasteiger partial charge in [-0.25, -0.2) is 4.98 Å². The third kappa shape index (κ3) is 2.64. The number of hydrogen-bond acceptors (Lipinski definition) is 3. The summed E-state index contributed by atoms with van der Waals surface area (Å²) in [5, 5.41) is 3.46. The molecular weight excluding hydrogens is 222 g/mol. The van der Waals surface area contributed by atoms with Crippen molar-refractivity contribution < 1.29 is 0 Å². The van der Waals surface area contributed by atoms with Crippen LogP contribution in [-0.4, -0.2) is 21.4 Å². The molecule has 88 valence electrons. The van der Waals surface area contributed by atoms with E-state index in [2.05, 4.69) is 22.2 Å². The fourth-order valence-corrected chi connectivity index (χ4v) is 2.58. The molecule has 0 spiro atoms. The first-order valence-electron chi connectivity index (χ1n) is 5.84. The summed E-state index contributed by atoms with van der Waals surface area (Å²) in [7, 11) is 0. The zero-order valence-electron chi connectivity index (χ0n) is 9.62. The molecule has 1 saturated carbocycles. The van der Waals surface area contributed by atoms with Gasteiger partial charge in [0.2, 0.25) is 0 Å². The van der Waals surface area contributed by atoms with Gasteiger partial charge in [0.15, 0.2) is 0 Å². The predicted octanol–water partition coefficient (Wildman–Crippen LogP) is 3.08. The SMILES string of the molecule is CC1CCC(CCl)(Nc2cnccn2)CC1. The molecule has 1 fully saturated rings. The van der Waals surface area contributed by atoms with Crippen molar-refractivity contribution in [3.8, 4) is 0 Å². The summed E-state index contributed by atoms with van der Waals surface area (Å²) >= 11 is 6.12. The largest absolute Gasteiger partial charge is 0.362 e. The van der Waals surface area contributed by atoms with Gasteiger partial charge in [-0.2, -0.15) is 0 Å². The van der Waals surface area contributed by atoms with Gasteiger partial charge in [0.25, 0.3) is 0 Å². The molecule has 2 rings (SSSR count). The molecule has 4 heteroatoms. The van der Waals surface area contributed by atoms with E-state index in [-0.39, 0.29) is 5.54 Å². The second-order valence-corrected chi connectivity index (χ2v) is 5.08. The minimum absolute atomic E-state index is 0.0180. The fraction of sp³-hybridized carbons (Fsp3) is 0.667. The zero-order valence-corrected chi connectivity index (χ0v) is 10.4. The van der Waals surface area contributed by atoms with E-state index in [4.69, 9.17) is 11.6 Å². The van der Waals surface area contributed by atoms with Gasteiger partial charge in [0.1, 0.15) is 5.82 Å². The summed E-state index contributed by atoms with van der Waals surface area (Å²) < 4.78 is 0. The van der Waals surface area contributed by atoms with Crippen LogP contribution >= 0.6 is 11.6 Å². The molecule has 0 bridgehead atoms. The number of halogens is 1. The Balaban J connectivity index is 2.05. The summed E-state index contributed by atoms with van der Waals surface area (Å²) in [6.07, 6.45) is 9.85. The maximum absolute atomic E-state index is 6.12. The van der Waals surface area contributed by atoms with Crippen molar-refractivity contribution in [3.63, 3.8) is 0 Å². The van der Waals surface area contributed by atoms with E-state index < -0.39 is 0 Å². The fourth-order valence-electron chi connectivity index (χ4n) is 2.24. The number of rotatable bonds is 3. The van der Waals surface area contributed by atoms with Crippen molar-refractivity contribution in [2.24, 2.45) is 5.92 Å². The highest BCUT2D eigenvalue weighted by atomic mass is 35.5. The molecule has 0 unspecified atom stereocenters. The topological polar surface area (TPSA) is 37.8 Å². The van der Waals surface area contributed by atoms with Crippen LogP contribution in [0.1, 0.15) is 32.6 Å². The molecule has 0 radical (unpaired) electrons. The maximum Gasteiger partial charge on any atom is 0.144 e. The first kappa shape index (κ1) is 11.6. The average Bonchev–Trinajstić information content (AvgIpc) is 2.34. The maximum atomic E-state index is 6.12. The lowest BCUT2D eigenvalue weighted by molar-refractivity contribution is 0.286. The first-order valence-corrected chi connectivity index (χ1v) is 6.38. The second kappa shape index (κ2) is 5.00. The lowest BCUT2D eigenvalue weighted by atomic mass is 9.78. The van der Waals surface area contributed by atoms with Gasteiger partial charge in [0, 0.05) is 18.3 Å². The second-order valence-electron chi connectivity index (χ2n) is 4.81. The quantitative estimate of drug-likeness (QED) is 0.824. The number of hydrogen-bond donors (Lipinski definition) is 1. The Hall–Kier alpha value is -0.830. The van der Waals surface area contributed by atoms with E-state index in [0.717, 1.165) is 24.6 Å². The summed E-state index contributed by atoms with van der Waals surface area (Å²) in [6, 6.07) is 0. The molecule has 1 aliphatic carbocycles. The molecule has 1 heterocycles. The molecule has 0 saturated heterocycles. The molecule has 1 aromatic heterocycles. The molecule has 16 heavy (non-hydrogen) atoms. The van der Waals surface area contributed by atoms with Crippen LogP contribution in [0.3, 0.4) is 0 Å². The number of aromatic nitrogens is 2. The molecule has 0 atom stereocenters. The summed E-state index contributed by atoms with van der Waals surface area (Å²) in [4.78, 5) is 8.32. The van der Waals surface area contributed by atoms with E-state index in [9.17, 15) is 0 Å². The smallest absolute Gasteiger partial charge is 0.144 e. The van der Waals surface area contributed by atoms with Crippen LogP contribution < -0.4 is 5.32 Å². The van der Waals surface area contributed by atoms with Crippen LogP contribution in [0.25, 0.3) is 0 Å². The van der Waals surface area contributed by atoms with E-state index in [1.807, 2.05) is 0 Å². The van der Waals surface area contributed by atoms with Gasteiger partial charge in [-0.15, -0.1) is 11.6 Å². The van der Waals surface area contributed by atoms with E-state index in [0.29, 0.717) is 5.88 Å². The summed E-state index contributed by atoms with van der Waals surface area (Å²) in [5.41, 5.74) is 0.0180. The van der Waals surface area contributed by atoms with Crippen LogP contribution in [0.15, 0.2) is 18.6 Å². The van der Waals surface area contributed by atoms with Gasteiger partial charge in [0.05, 0.1) is 11.7 Å². The van der Waals surface area contributed by atoms with Crippen LogP contribution in [-0.2, 0) is 0 Å². The van der Waals surface area contributed by atoms with Gasteiger partial charge in [-0.3, -0.25) is 4.98 Å². The van der Waals surface area contributed by atoms with Gasteiger partial charge < -0.3 is 5.32 Å². The number of nitrogens with one attached hydrogen (secondary N) is 1. The number of nitrogens with zero attached hydrogens (tertiary/aromatic N) is 2. The van der Waals surface area contributed by atoms with Crippen LogP contribution in [0.4, 0.5) is 5.82 Å². The normalized spacial score (nSPS) is 30.0. The lowest BCUT2D eigenvalue weighted by Crippen LogP contribution is -2.43. The molecule has 3 nitrogen and oxygen atoms in total. The lowest BCUT2D eigenvalue weighted by Gasteiger charge is -2.39. The Morgan fingerprint density at radius 1 is 1.44 bits per heavy atom. The number of anilines is 1. The Morgan fingerprint density at radius 3 is 2.75 bits per heavy atom. The summed E-state index contributed by atoms with van der Waals surface area (Å²) in [5.74, 6) is 2.29. The first-order chi connectivity index (χ1) is 7.74. The molecule has 1 N–H and O–H groups in total. The Morgan fingerprint density at radius 2 is 2.19 bits per heavy atom. The highest BCUT2D eigenvalue weighted by Crippen LogP contribution is 2.34. The van der Waals surface area contributed by atoms with E-state index in [1.54, 1.807) is 18.6 Å². The molecular formula is C12H18ClN3. The Labute approximate surface area is 102 Å². The van der Waals surface area contributed by atoms with Crippen LogP contribution in [0.5, 0.6) is 0 Å². The third-order valence-corrected chi connectivity index (χ3v) is 3.96. The monoisotopic (exact) mass is 239 g/mol. The number of alkyl halides is 1. The van der Waals surface area contributed by atoms with E-state index in [1.165, 1.54) is 12.8 Å². The molecule has 1 aliphatic rings. The van der Waals surface area contributed by atoms with Gasteiger partial charge in [-0.05, 0) is 31.6 Å². The van der Waals surface area contributed by atoms with Gasteiger partial charge in [-0.1, -0.05) is 6.92 Å². The van der Waals surface area contributed by atoms with Crippen molar-refractivity contribution in [2.45, 2.75) is 38.1 Å². The average molecular weight is 240 g/mol. The molecule has 1 aromatic rings. The predicted molar refractivity (Wildman–Crippen MR) is 66.7 cm³/mol. The van der Waals surface area contributed by atoms with Crippen molar-refractivity contribution in [2.75, 3.05) is 11.2 Å². The molecule has 0 aromatic carbocycles. The summed E-state index contributed by atoms with van der Waals surface area (Å²) in [6.45, 7) is 2.31. The van der Waals surface area contributed by atoms with Gasteiger partial charge >= 0.3 is 0 Å². The minimum atomic E-state index is 0.0180. The van der Waals surface area contributed by atoms with E-state index >= 15 is 0 Å². The van der Waals surface area contributed by atoms with Crippen molar-refractivity contribution in [1.29, 1.82) is 0 Å². The molecule has 0 amide bonds. The Bertz CT molecular complexity index is 320. The van der Waals surface area contributed by atoms with Crippen LogP contribution in [0, 0.1) is 5.92 Å². The van der Waals surface area contributed by atoms with Crippen molar-refractivity contribution >= 4 is 17.4 Å².